The van der Waals surface area contributed by atoms with Crippen molar-refractivity contribution in [1.82, 2.24) is 0 Å². The summed E-state index contributed by atoms with van der Waals surface area (Å²) in [5.41, 5.74) is -6.05. The third-order valence-electron chi connectivity index (χ3n) is 9.63. The summed E-state index contributed by atoms with van der Waals surface area (Å²) in [6, 6.07) is 25.7. The normalized spacial score (nSPS) is 11.5. The first kappa shape index (κ1) is 44.4. The number of amides is 2. The highest BCUT2D eigenvalue weighted by atomic mass is 19.4. The zero-order valence-corrected chi connectivity index (χ0v) is 32.4. The van der Waals surface area contributed by atoms with E-state index >= 15 is 0 Å². The van der Waals surface area contributed by atoms with Gasteiger partial charge in [-0.2, -0.15) is 26.3 Å². The number of nitrogens with one attached hydrogen (secondary N) is 2. The number of aromatic carboxylic acids is 2. The van der Waals surface area contributed by atoms with Crippen molar-refractivity contribution >= 4 is 47.3 Å². The molecule has 0 fully saturated rings. The monoisotopic (exact) mass is 866 g/mol. The van der Waals surface area contributed by atoms with Gasteiger partial charge in [0.15, 0.2) is 0 Å². The zero-order valence-electron chi connectivity index (χ0n) is 32.4. The summed E-state index contributed by atoms with van der Waals surface area (Å²) < 4.78 is 101. The zero-order chi connectivity index (χ0) is 45.7. The molecule has 6 rings (SSSR count). The van der Waals surface area contributed by atoms with Gasteiger partial charge in [-0.15, -0.1) is 0 Å². The van der Waals surface area contributed by atoms with Gasteiger partial charge in [0.05, 0.1) is 22.3 Å². The molecule has 0 aliphatic heterocycles. The van der Waals surface area contributed by atoms with E-state index in [1.54, 1.807) is 0 Å². The van der Waals surface area contributed by atoms with Crippen molar-refractivity contribution in [3.8, 4) is 23.0 Å². The summed E-state index contributed by atoms with van der Waals surface area (Å²) >= 11 is 0. The topological polar surface area (TPSA) is 151 Å². The number of ether oxygens (including phenoxy) is 2. The first-order valence-corrected chi connectivity index (χ1v) is 18.4. The van der Waals surface area contributed by atoms with Crippen LogP contribution in [0.15, 0.2) is 147 Å². The van der Waals surface area contributed by atoms with Crippen LogP contribution in [0.25, 0.3) is 12.2 Å². The number of alkyl halides is 6. The van der Waals surface area contributed by atoms with Crippen LogP contribution in [0, 0.1) is 0 Å². The van der Waals surface area contributed by atoms with E-state index in [4.69, 9.17) is 9.47 Å². The SMILES string of the molecule is C=Cc1ccc(C(=O)O)c(C(=O)Nc2ccc(Oc3ccc(C(c4ccc(Oc5ccc(NC(=O)c6cc(C=C)ccc6C(=O)O)cc5)cc4)(C(F)(F)F)C(F)(F)F)cc3)cc2)c1. The highest BCUT2D eigenvalue weighted by Gasteiger charge is 2.72. The highest BCUT2D eigenvalue weighted by molar-refractivity contribution is 6.12. The second-order valence-corrected chi connectivity index (χ2v) is 13.6. The maximum Gasteiger partial charge on any atom is 0.411 e. The molecule has 16 heteroatoms. The van der Waals surface area contributed by atoms with Crippen LogP contribution in [0.2, 0.25) is 0 Å². The molecule has 0 aliphatic rings. The predicted octanol–water partition coefficient (Wildman–Crippen LogP) is 11.9. The van der Waals surface area contributed by atoms with Crippen molar-refractivity contribution in [1.29, 1.82) is 0 Å². The maximum atomic E-state index is 14.9. The third-order valence-corrected chi connectivity index (χ3v) is 9.63. The third kappa shape index (κ3) is 9.44. The van der Waals surface area contributed by atoms with Gasteiger partial charge in [-0.25, -0.2) is 9.59 Å². The van der Waals surface area contributed by atoms with Crippen molar-refractivity contribution in [3.05, 3.63) is 191 Å². The lowest BCUT2D eigenvalue weighted by molar-refractivity contribution is -0.288. The van der Waals surface area contributed by atoms with E-state index < -0.39 is 52.6 Å². The number of halogens is 6. The Morgan fingerprint density at radius 1 is 0.460 bits per heavy atom. The van der Waals surface area contributed by atoms with Crippen LogP contribution in [0.1, 0.15) is 63.7 Å². The van der Waals surface area contributed by atoms with E-state index in [0.717, 1.165) is 24.3 Å². The van der Waals surface area contributed by atoms with E-state index in [9.17, 15) is 55.7 Å². The highest BCUT2D eigenvalue weighted by Crippen LogP contribution is 2.56. The number of hydrogen-bond donors (Lipinski definition) is 4. The molecule has 4 N–H and O–H groups in total. The van der Waals surface area contributed by atoms with Gasteiger partial charge in [-0.1, -0.05) is 61.7 Å². The molecule has 63 heavy (non-hydrogen) atoms. The number of carbonyl (C=O) groups is 4. The average Bonchev–Trinajstić information content (AvgIpc) is 3.24. The van der Waals surface area contributed by atoms with Crippen LogP contribution in [-0.2, 0) is 5.41 Å². The minimum Gasteiger partial charge on any atom is -0.478 e. The Morgan fingerprint density at radius 2 is 0.762 bits per heavy atom. The van der Waals surface area contributed by atoms with Crippen LogP contribution >= 0.6 is 0 Å². The molecule has 0 radical (unpaired) electrons. The largest absolute Gasteiger partial charge is 0.478 e. The number of hydrogen-bond acceptors (Lipinski definition) is 6. The predicted molar refractivity (Wildman–Crippen MR) is 222 cm³/mol. The molecule has 0 spiro atoms. The van der Waals surface area contributed by atoms with E-state index in [1.165, 1.54) is 97.1 Å². The van der Waals surface area contributed by atoms with Crippen LogP contribution in [0.3, 0.4) is 0 Å². The van der Waals surface area contributed by atoms with Crippen molar-refractivity contribution in [2.45, 2.75) is 17.8 Å². The van der Waals surface area contributed by atoms with E-state index in [-0.39, 0.29) is 56.6 Å². The summed E-state index contributed by atoms with van der Waals surface area (Å²) in [4.78, 5) is 49.1. The standard InChI is InChI=1S/C47H32F6N2O8/c1-3-27-5-23-37(43(58)59)39(25-27)41(56)54-31-11-19-35(20-12-31)62-33-15-7-29(8-16-33)45(46(48,49)50,47(51,52)53)30-9-17-34(18-10-30)63-36-21-13-32(14-22-36)55-42(57)40-26-28(4-2)6-24-38(40)44(60)61/h3-26H,1-2H2,(H,54,56)(H,55,57)(H,58,59)(H,60,61). The number of rotatable bonds is 14. The van der Waals surface area contributed by atoms with Gasteiger partial charge in [-0.05, 0) is 119 Å². The van der Waals surface area contributed by atoms with Gasteiger partial charge in [0.2, 0.25) is 5.41 Å². The van der Waals surface area contributed by atoms with Crippen molar-refractivity contribution in [2.24, 2.45) is 0 Å². The van der Waals surface area contributed by atoms with E-state index in [0.29, 0.717) is 35.4 Å². The lowest BCUT2D eigenvalue weighted by Crippen LogP contribution is -2.54. The molecule has 0 aromatic heterocycles. The fraction of sp³-hybridized carbons (Fsp3) is 0.0638. The van der Waals surface area contributed by atoms with Crippen LogP contribution < -0.4 is 20.1 Å². The second kappa shape index (κ2) is 17.8. The van der Waals surface area contributed by atoms with Gasteiger partial charge in [0.25, 0.3) is 11.8 Å². The fourth-order valence-electron chi connectivity index (χ4n) is 6.54. The molecule has 2 amide bonds. The first-order valence-electron chi connectivity index (χ1n) is 18.4. The molecule has 0 unspecified atom stereocenters. The molecule has 0 saturated carbocycles. The lowest BCUT2D eigenvalue weighted by Gasteiger charge is -2.38. The van der Waals surface area contributed by atoms with Gasteiger partial charge < -0.3 is 30.3 Å². The Hall–Kier alpha value is -8.14. The van der Waals surface area contributed by atoms with Gasteiger partial charge >= 0.3 is 24.3 Å². The quantitative estimate of drug-likeness (QED) is 0.0790. The molecule has 320 valence electrons. The molecule has 0 atom stereocenters. The number of carboxylic acids is 2. The summed E-state index contributed by atoms with van der Waals surface area (Å²) in [5, 5.41) is 24.1. The number of carboxylic acid groups (broad SMARTS) is 2. The lowest BCUT2D eigenvalue weighted by atomic mass is 9.73. The first-order chi connectivity index (χ1) is 29.8. The average molecular weight is 867 g/mol. The molecule has 0 heterocycles. The van der Waals surface area contributed by atoms with Gasteiger partial charge in [0.1, 0.15) is 23.0 Å². The van der Waals surface area contributed by atoms with Crippen molar-refractivity contribution in [3.63, 3.8) is 0 Å². The molecular formula is C47H32F6N2O8. The van der Waals surface area contributed by atoms with Gasteiger partial charge in [0, 0.05) is 11.4 Å². The summed E-state index contributed by atoms with van der Waals surface area (Å²) in [5.74, 6) is -4.11. The summed E-state index contributed by atoms with van der Waals surface area (Å²) in [7, 11) is 0. The Morgan fingerprint density at radius 3 is 1.03 bits per heavy atom. The Labute approximate surface area is 354 Å². The minimum absolute atomic E-state index is 0.109. The van der Waals surface area contributed by atoms with Gasteiger partial charge in [-0.3, -0.25) is 9.59 Å². The number of anilines is 2. The molecule has 6 aromatic carbocycles. The van der Waals surface area contributed by atoms with E-state index in [1.807, 2.05) is 0 Å². The van der Waals surface area contributed by atoms with Crippen molar-refractivity contribution in [2.75, 3.05) is 10.6 Å². The smallest absolute Gasteiger partial charge is 0.411 e. The summed E-state index contributed by atoms with van der Waals surface area (Å²) in [6.45, 7) is 7.21. The minimum atomic E-state index is -5.88. The number of benzene rings is 6. The van der Waals surface area contributed by atoms with E-state index in [2.05, 4.69) is 23.8 Å². The Balaban J connectivity index is 1.16. The van der Waals surface area contributed by atoms with Crippen molar-refractivity contribution < 1.29 is 65.2 Å². The molecule has 0 saturated heterocycles. The second-order valence-electron chi connectivity index (χ2n) is 13.6. The van der Waals surface area contributed by atoms with Crippen LogP contribution in [-0.4, -0.2) is 46.3 Å². The number of carbonyl (C=O) groups excluding carboxylic acids is 2. The Bertz CT molecular complexity index is 2520. The fourth-order valence-corrected chi connectivity index (χ4v) is 6.54. The van der Waals surface area contributed by atoms with Crippen LogP contribution in [0.5, 0.6) is 23.0 Å². The molecule has 0 bridgehead atoms. The molecule has 6 aromatic rings. The maximum absolute atomic E-state index is 14.9. The molecular weight excluding hydrogens is 835 g/mol. The summed E-state index contributed by atoms with van der Waals surface area (Å²) in [6.07, 6.45) is -8.89. The molecule has 0 aliphatic carbocycles. The Kier molecular flexibility index (Phi) is 12.6. The molecule has 10 nitrogen and oxygen atoms in total. The van der Waals surface area contributed by atoms with Crippen LogP contribution in [0.4, 0.5) is 37.7 Å².